The third kappa shape index (κ3) is 2.78. The molecule has 17 heavy (non-hydrogen) atoms. The fourth-order valence-electron chi connectivity index (χ4n) is 1.73. The van der Waals surface area contributed by atoms with E-state index in [-0.39, 0.29) is 12.6 Å². The van der Waals surface area contributed by atoms with Gasteiger partial charge in [0.1, 0.15) is 11.6 Å². The van der Waals surface area contributed by atoms with Gasteiger partial charge < -0.3 is 15.6 Å². The van der Waals surface area contributed by atoms with Crippen LogP contribution in [0.2, 0.25) is 0 Å². The second-order valence-corrected chi connectivity index (χ2v) is 5.08. The zero-order chi connectivity index (χ0) is 12.4. The predicted molar refractivity (Wildman–Crippen MR) is 66.4 cm³/mol. The molecule has 0 saturated heterocycles. The molecule has 0 aliphatic heterocycles. The van der Waals surface area contributed by atoms with Crippen LogP contribution in [-0.4, -0.2) is 17.8 Å². The van der Waals surface area contributed by atoms with Crippen molar-refractivity contribution in [3.05, 3.63) is 28.0 Å². The third-order valence-electron chi connectivity index (χ3n) is 2.96. The van der Waals surface area contributed by atoms with Crippen LogP contribution < -0.4 is 10.5 Å². The van der Waals surface area contributed by atoms with Crippen LogP contribution in [0.4, 0.5) is 4.39 Å². The predicted octanol–water partition coefficient (Wildman–Crippen LogP) is 2.51. The highest BCUT2D eigenvalue weighted by atomic mass is 79.9. The number of aliphatic hydroxyl groups is 1. The Morgan fingerprint density at radius 2 is 2.24 bits per heavy atom. The summed E-state index contributed by atoms with van der Waals surface area (Å²) in [7, 11) is 0. The fraction of sp³-hybridized carbons (Fsp3) is 0.500. The molecule has 3 N–H and O–H groups in total. The first kappa shape index (κ1) is 12.8. The van der Waals surface area contributed by atoms with E-state index in [1.54, 1.807) is 0 Å². The van der Waals surface area contributed by atoms with E-state index in [0.717, 1.165) is 19.3 Å². The average molecular weight is 304 g/mol. The maximum atomic E-state index is 13.3. The van der Waals surface area contributed by atoms with Crippen molar-refractivity contribution in [1.82, 2.24) is 0 Å². The summed E-state index contributed by atoms with van der Waals surface area (Å²) < 4.78 is 19.6. The van der Waals surface area contributed by atoms with Gasteiger partial charge in [0.05, 0.1) is 16.7 Å². The van der Waals surface area contributed by atoms with E-state index in [0.29, 0.717) is 15.8 Å². The van der Waals surface area contributed by atoms with Crippen LogP contribution in [0.25, 0.3) is 0 Å². The van der Waals surface area contributed by atoms with E-state index in [9.17, 15) is 9.50 Å². The van der Waals surface area contributed by atoms with E-state index in [1.807, 2.05) is 0 Å². The molecular formula is C12H15BrFNO2. The monoisotopic (exact) mass is 303 g/mol. The first-order valence-corrected chi connectivity index (χ1v) is 6.45. The van der Waals surface area contributed by atoms with Gasteiger partial charge in [0.25, 0.3) is 0 Å². The highest BCUT2D eigenvalue weighted by Gasteiger charge is 2.24. The number of hydrogen-bond acceptors (Lipinski definition) is 3. The third-order valence-corrected chi connectivity index (χ3v) is 3.55. The van der Waals surface area contributed by atoms with Gasteiger partial charge in [0.15, 0.2) is 0 Å². The lowest BCUT2D eigenvalue weighted by Gasteiger charge is -2.28. The molecule has 1 aromatic carbocycles. The Morgan fingerprint density at radius 3 is 2.76 bits per heavy atom. The van der Waals surface area contributed by atoms with Crippen molar-refractivity contribution in [2.75, 3.05) is 6.54 Å². The smallest absolute Gasteiger partial charge is 0.139 e. The molecule has 1 aliphatic rings. The van der Waals surface area contributed by atoms with E-state index in [1.165, 1.54) is 12.1 Å². The number of aliphatic hydroxyl groups excluding tert-OH is 1. The van der Waals surface area contributed by atoms with Gasteiger partial charge in [-0.15, -0.1) is 0 Å². The van der Waals surface area contributed by atoms with Crippen LogP contribution in [-0.2, 0) is 0 Å². The highest BCUT2D eigenvalue weighted by Crippen LogP contribution is 2.37. The number of ether oxygens (including phenoxy) is 1. The molecule has 0 heterocycles. The zero-order valence-corrected chi connectivity index (χ0v) is 10.9. The summed E-state index contributed by atoms with van der Waals surface area (Å²) in [5, 5.41) is 9.77. The molecule has 0 spiro atoms. The van der Waals surface area contributed by atoms with Gasteiger partial charge in [0.2, 0.25) is 0 Å². The van der Waals surface area contributed by atoms with Crippen molar-refractivity contribution in [1.29, 1.82) is 0 Å². The first-order chi connectivity index (χ1) is 8.11. The largest absolute Gasteiger partial charge is 0.489 e. The molecule has 1 aliphatic carbocycles. The second-order valence-electron chi connectivity index (χ2n) is 4.23. The molecule has 1 saturated carbocycles. The van der Waals surface area contributed by atoms with Gasteiger partial charge in [-0.3, -0.25) is 0 Å². The number of rotatable bonds is 4. The molecule has 1 atom stereocenters. The quantitative estimate of drug-likeness (QED) is 0.898. The Hall–Kier alpha value is -0.650. The normalized spacial score (nSPS) is 17.6. The lowest BCUT2D eigenvalue weighted by atomic mass is 9.96. The van der Waals surface area contributed by atoms with Crippen molar-refractivity contribution in [3.8, 4) is 5.75 Å². The molecule has 0 amide bonds. The van der Waals surface area contributed by atoms with Crippen LogP contribution in [0.5, 0.6) is 5.75 Å². The van der Waals surface area contributed by atoms with Crippen LogP contribution >= 0.6 is 15.9 Å². The molecule has 0 radical (unpaired) electrons. The molecule has 5 heteroatoms. The second kappa shape index (κ2) is 5.33. The molecule has 1 aromatic rings. The van der Waals surface area contributed by atoms with Crippen LogP contribution in [0.15, 0.2) is 16.6 Å². The molecule has 1 unspecified atom stereocenters. The van der Waals surface area contributed by atoms with Gasteiger partial charge in [-0.25, -0.2) is 4.39 Å². The fourth-order valence-corrected chi connectivity index (χ4v) is 2.28. The minimum atomic E-state index is -0.905. The minimum absolute atomic E-state index is 0.0386. The van der Waals surface area contributed by atoms with Crippen LogP contribution in [0.1, 0.15) is 30.9 Å². The first-order valence-electron chi connectivity index (χ1n) is 5.65. The molecular weight excluding hydrogens is 289 g/mol. The summed E-state index contributed by atoms with van der Waals surface area (Å²) in [5.41, 5.74) is 5.82. The maximum Gasteiger partial charge on any atom is 0.139 e. The molecule has 2 rings (SSSR count). The molecule has 0 bridgehead atoms. The lowest BCUT2D eigenvalue weighted by molar-refractivity contribution is 0.110. The Kier molecular flexibility index (Phi) is 4.01. The number of nitrogens with two attached hydrogens (primary N) is 1. The minimum Gasteiger partial charge on any atom is -0.489 e. The standard InChI is InChI=1S/C12H15BrFNO2/c13-10-5-7(14)4-9(11(16)6-15)12(10)17-8-2-1-3-8/h4-5,8,11,16H,1-3,6,15H2. The Bertz CT molecular complexity index is 410. The summed E-state index contributed by atoms with van der Waals surface area (Å²) in [6.45, 7) is 0.0386. The molecule has 3 nitrogen and oxygen atoms in total. The van der Waals surface area contributed by atoms with Crippen molar-refractivity contribution in [2.24, 2.45) is 5.73 Å². The van der Waals surface area contributed by atoms with Crippen LogP contribution in [0.3, 0.4) is 0 Å². The average Bonchev–Trinajstić information content (AvgIpc) is 2.23. The summed E-state index contributed by atoms with van der Waals surface area (Å²) in [4.78, 5) is 0. The molecule has 94 valence electrons. The highest BCUT2D eigenvalue weighted by molar-refractivity contribution is 9.10. The van der Waals surface area contributed by atoms with Crippen molar-refractivity contribution >= 4 is 15.9 Å². The van der Waals surface area contributed by atoms with E-state index in [4.69, 9.17) is 10.5 Å². The van der Waals surface area contributed by atoms with Crippen molar-refractivity contribution in [2.45, 2.75) is 31.5 Å². The van der Waals surface area contributed by atoms with Gasteiger partial charge in [0, 0.05) is 12.1 Å². The number of hydrogen-bond donors (Lipinski definition) is 2. The van der Waals surface area contributed by atoms with Crippen LogP contribution in [0, 0.1) is 5.82 Å². The molecule has 0 aromatic heterocycles. The summed E-state index contributed by atoms with van der Waals surface area (Å²) in [6, 6.07) is 2.61. The zero-order valence-electron chi connectivity index (χ0n) is 9.33. The summed E-state index contributed by atoms with van der Waals surface area (Å²) in [6.07, 6.45) is 2.42. The Morgan fingerprint density at radius 1 is 1.53 bits per heavy atom. The number of halogens is 2. The van der Waals surface area contributed by atoms with E-state index in [2.05, 4.69) is 15.9 Å². The summed E-state index contributed by atoms with van der Waals surface area (Å²) >= 11 is 3.26. The topological polar surface area (TPSA) is 55.5 Å². The Labute approximate surface area is 108 Å². The SMILES string of the molecule is NCC(O)c1cc(F)cc(Br)c1OC1CCC1. The van der Waals surface area contributed by atoms with E-state index >= 15 is 0 Å². The maximum absolute atomic E-state index is 13.3. The van der Waals surface area contributed by atoms with Gasteiger partial charge in [-0.05, 0) is 47.3 Å². The van der Waals surface area contributed by atoms with Crippen molar-refractivity contribution < 1.29 is 14.2 Å². The van der Waals surface area contributed by atoms with Gasteiger partial charge in [-0.2, -0.15) is 0 Å². The Balaban J connectivity index is 2.31. The van der Waals surface area contributed by atoms with Gasteiger partial charge in [-0.1, -0.05) is 0 Å². The summed E-state index contributed by atoms with van der Waals surface area (Å²) in [5.74, 6) is 0.0920. The number of benzene rings is 1. The molecule has 1 fully saturated rings. The van der Waals surface area contributed by atoms with Crippen molar-refractivity contribution in [3.63, 3.8) is 0 Å². The lowest BCUT2D eigenvalue weighted by Crippen LogP contribution is -2.26. The van der Waals surface area contributed by atoms with Gasteiger partial charge >= 0.3 is 0 Å². The van der Waals surface area contributed by atoms with E-state index < -0.39 is 11.9 Å².